The van der Waals surface area contributed by atoms with E-state index in [4.69, 9.17) is 12.2 Å². The molecule has 2 aliphatic rings. The zero-order valence-corrected chi connectivity index (χ0v) is 18.2. The van der Waals surface area contributed by atoms with E-state index >= 15 is 0 Å². The molecule has 0 bridgehead atoms. The van der Waals surface area contributed by atoms with Gasteiger partial charge in [-0.2, -0.15) is 10.4 Å². The molecule has 1 aliphatic heterocycles. The third-order valence-corrected chi connectivity index (χ3v) is 5.85. The van der Waals surface area contributed by atoms with E-state index < -0.39 is 0 Å². The molecule has 160 valence electrons. The van der Waals surface area contributed by atoms with Crippen LogP contribution in [0.3, 0.4) is 0 Å². The maximum atomic E-state index is 12.8. The van der Waals surface area contributed by atoms with Gasteiger partial charge in [-0.3, -0.25) is 19.3 Å². The van der Waals surface area contributed by atoms with E-state index in [-0.39, 0.29) is 36.6 Å². The highest BCUT2D eigenvalue weighted by Gasteiger charge is 2.31. The van der Waals surface area contributed by atoms with Crippen molar-refractivity contribution in [1.82, 2.24) is 20.1 Å². The zero-order valence-electron chi connectivity index (χ0n) is 17.4. The number of para-hydroxylation sites is 2. The largest absolute Gasteiger partial charge is 0.349 e. The third-order valence-electron chi connectivity index (χ3n) is 5.57. The summed E-state index contributed by atoms with van der Waals surface area (Å²) in [5.74, 6) is 0.566. The summed E-state index contributed by atoms with van der Waals surface area (Å²) in [7, 11) is 3.64. The van der Waals surface area contributed by atoms with Gasteiger partial charge in [-0.15, -0.1) is 0 Å². The molecule has 31 heavy (non-hydrogen) atoms. The van der Waals surface area contributed by atoms with Crippen LogP contribution >= 0.6 is 12.2 Å². The second kappa shape index (κ2) is 8.35. The fourth-order valence-corrected chi connectivity index (χ4v) is 4.15. The molecule has 2 aromatic rings. The van der Waals surface area contributed by atoms with Gasteiger partial charge in [-0.05, 0) is 37.2 Å². The number of rotatable bonds is 7. The minimum atomic E-state index is -0.361. The Morgan fingerprint density at radius 1 is 1.23 bits per heavy atom. The highest BCUT2D eigenvalue weighted by molar-refractivity contribution is 7.71. The molecule has 1 saturated carbocycles. The van der Waals surface area contributed by atoms with Crippen LogP contribution in [0.1, 0.15) is 37.5 Å². The molecule has 2 heterocycles. The molecule has 1 fully saturated rings. The lowest BCUT2D eigenvalue weighted by molar-refractivity contribution is -0.124. The maximum Gasteiger partial charge on any atom is 0.220 e. The average molecular weight is 438 g/mol. The highest BCUT2D eigenvalue weighted by Crippen LogP contribution is 2.40. The average Bonchev–Trinajstić information content (AvgIpc) is 3.49. The van der Waals surface area contributed by atoms with E-state index in [2.05, 4.69) is 15.5 Å². The molecule has 1 aliphatic carbocycles. The number of aromatic nitrogens is 3. The Labute approximate surface area is 185 Å². The molecule has 10 heteroatoms. The molecule has 0 atom stereocenters. The number of carbonyl (C=O) groups is 2. The van der Waals surface area contributed by atoms with Gasteiger partial charge in [0.25, 0.3) is 0 Å². The number of nitrogens with one attached hydrogen (secondary N) is 2. The van der Waals surface area contributed by atoms with Gasteiger partial charge in [0.2, 0.25) is 5.91 Å². The number of benzene rings is 1. The number of fused-ring (bicyclic) bond motifs is 1. The lowest BCUT2D eigenvalue weighted by Gasteiger charge is -2.19. The Bertz CT molecular complexity index is 1140. The topological polar surface area (TPSA) is 110 Å². The summed E-state index contributed by atoms with van der Waals surface area (Å²) >= 11 is 5.24. The molecule has 1 aromatic heterocycles. The summed E-state index contributed by atoms with van der Waals surface area (Å²) in [6, 6.07) is 10.1. The van der Waals surface area contributed by atoms with Crippen molar-refractivity contribution in [2.45, 2.75) is 38.3 Å². The number of carbonyl (C=O) groups excluding carboxylic acids is 2. The van der Waals surface area contributed by atoms with Crippen LogP contribution in [-0.2, 0) is 16.1 Å². The quantitative estimate of drug-likeness (QED) is 0.389. The first kappa shape index (κ1) is 20.8. The van der Waals surface area contributed by atoms with Gasteiger partial charge in [-0.1, -0.05) is 12.1 Å². The van der Waals surface area contributed by atoms with Crippen LogP contribution in [0.5, 0.6) is 0 Å². The maximum absolute atomic E-state index is 12.8. The predicted octanol–water partition coefficient (Wildman–Crippen LogP) is 2.56. The fraction of sp³-hybridized carbons (Fsp3) is 0.381. The number of H-pyrrole nitrogens is 1. The van der Waals surface area contributed by atoms with Crippen molar-refractivity contribution < 1.29 is 9.59 Å². The molecular weight excluding hydrogens is 414 g/mol. The smallest absolute Gasteiger partial charge is 0.220 e. The predicted molar refractivity (Wildman–Crippen MR) is 118 cm³/mol. The van der Waals surface area contributed by atoms with E-state index in [1.807, 2.05) is 58.8 Å². The molecular formula is C21H23N7O2S. The molecule has 1 aromatic carbocycles. The number of Topliss-reactive ketones (excluding diaryl/α,β-unsaturated/α-hetero) is 1. The van der Waals surface area contributed by atoms with Crippen LogP contribution in [0.15, 0.2) is 35.7 Å². The van der Waals surface area contributed by atoms with Crippen LogP contribution in [-0.4, -0.2) is 40.6 Å². The summed E-state index contributed by atoms with van der Waals surface area (Å²) in [4.78, 5) is 28.7. The van der Waals surface area contributed by atoms with Crippen LogP contribution in [0.4, 0.5) is 11.4 Å². The van der Waals surface area contributed by atoms with E-state index in [1.165, 1.54) is 0 Å². The van der Waals surface area contributed by atoms with E-state index in [9.17, 15) is 14.9 Å². The molecule has 0 unspecified atom stereocenters. The van der Waals surface area contributed by atoms with Crippen molar-refractivity contribution >= 4 is 35.3 Å². The number of amides is 1. The van der Waals surface area contributed by atoms with Crippen molar-refractivity contribution in [3.8, 4) is 6.07 Å². The summed E-state index contributed by atoms with van der Waals surface area (Å²) in [6.07, 6.45) is 2.06. The zero-order chi connectivity index (χ0) is 22.1. The Morgan fingerprint density at radius 2 is 1.87 bits per heavy atom. The van der Waals surface area contributed by atoms with Crippen molar-refractivity contribution in [1.29, 1.82) is 5.26 Å². The van der Waals surface area contributed by atoms with Gasteiger partial charge < -0.3 is 15.1 Å². The SMILES string of the molecule is CN1C(=C(C#N)C(=O)CCC(=O)NCc2n[nH]c(=S)n2C2CC2)N(C)c2ccccc21. The van der Waals surface area contributed by atoms with Crippen molar-refractivity contribution in [2.75, 3.05) is 23.9 Å². The first-order chi connectivity index (χ1) is 14.9. The monoisotopic (exact) mass is 437 g/mol. The second-order valence-corrected chi connectivity index (χ2v) is 8.05. The number of aromatic amines is 1. The molecule has 4 rings (SSSR count). The van der Waals surface area contributed by atoms with Crippen molar-refractivity contribution in [2.24, 2.45) is 0 Å². The first-order valence-corrected chi connectivity index (χ1v) is 10.5. The Morgan fingerprint density at radius 3 is 2.45 bits per heavy atom. The number of hydrogen-bond donors (Lipinski definition) is 2. The number of nitrogens with zero attached hydrogens (tertiary/aromatic N) is 5. The Balaban J connectivity index is 1.39. The van der Waals surface area contributed by atoms with Gasteiger partial charge in [0.15, 0.2) is 16.4 Å². The Hall–Kier alpha value is -3.45. The van der Waals surface area contributed by atoms with Crippen molar-refractivity contribution in [3.63, 3.8) is 0 Å². The van der Waals surface area contributed by atoms with Gasteiger partial charge in [0.1, 0.15) is 17.5 Å². The first-order valence-electron chi connectivity index (χ1n) is 10.1. The summed E-state index contributed by atoms with van der Waals surface area (Å²) < 4.78 is 2.49. The van der Waals surface area contributed by atoms with E-state index in [0.29, 0.717) is 22.5 Å². The number of allylic oxidation sites excluding steroid dienone is 1. The lowest BCUT2D eigenvalue weighted by atomic mass is 10.1. The summed E-state index contributed by atoms with van der Waals surface area (Å²) in [5, 5.41) is 19.4. The molecule has 2 N–H and O–H groups in total. The number of anilines is 2. The van der Waals surface area contributed by atoms with Crippen LogP contribution in [0.2, 0.25) is 0 Å². The van der Waals surface area contributed by atoms with E-state index in [1.54, 1.807) is 0 Å². The van der Waals surface area contributed by atoms with Crippen LogP contribution in [0, 0.1) is 16.1 Å². The van der Waals surface area contributed by atoms with Gasteiger partial charge in [0.05, 0.1) is 17.9 Å². The van der Waals surface area contributed by atoms with E-state index in [0.717, 1.165) is 24.2 Å². The summed E-state index contributed by atoms with van der Waals surface area (Å²) in [6.45, 7) is 0.240. The standard InChI is InChI=1S/C21H23N7O2S/c1-26-15-5-3-4-6-16(15)27(2)20(26)14(11-22)17(29)9-10-19(30)23-12-18-24-25-21(31)28(18)13-7-8-13/h3-6,13H,7-10,12H2,1-2H3,(H,23,30)(H,25,31). The highest BCUT2D eigenvalue weighted by atomic mass is 32.1. The second-order valence-electron chi connectivity index (χ2n) is 7.66. The fourth-order valence-electron chi connectivity index (χ4n) is 3.85. The van der Waals surface area contributed by atoms with Gasteiger partial charge in [0, 0.05) is 33.0 Å². The number of nitriles is 1. The summed E-state index contributed by atoms with van der Waals surface area (Å²) in [5.41, 5.74) is 1.88. The Kier molecular flexibility index (Phi) is 5.61. The normalized spacial score (nSPS) is 14.9. The molecule has 0 spiro atoms. The molecule has 0 radical (unpaired) electrons. The number of hydrogen-bond acceptors (Lipinski definition) is 7. The van der Waals surface area contributed by atoms with Gasteiger partial charge >= 0.3 is 0 Å². The van der Waals surface area contributed by atoms with Crippen LogP contribution < -0.4 is 15.1 Å². The molecule has 0 saturated heterocycles. The number of ketones is 1. The van der Waals surface area contributed by atoms with Crippen molar-refractivity contribution in [3.05, 3.63) is 46.3 Å². The lowest BCUT2D eigenvalue weighted by Crippen LogP contribution is -2.28. The molecule has 9 nitrogen and oxygen atoms in total. The minimum absolute atomic E-state index is 0.00768. The third kappa shape index (κ3) is 3.96. The van der Waals surface area contributed by atoms with Gasteiger partial charge in [-0.25, -0.2) is 0 Å². The minimum Gasteiger partial charge on any atom is -0.349 e. The van der Waals surface area contributed by atoms with Crippen LogP contribution in [0.25, 0.3) is 0 Å². The molecule has 1 amide bonds.